The number of carbonyl (C=O) groups is 1. The van der Waals surface area contributed by atoms with Gasteiger partial charge in [0, 0.05) is 24.2 Å². The predicted octanol–water partition coefficient (Wildman–Crippen LogP) is 5.29. The lowest BCUT2D eigenvalue weighted by Gasteiger charge is -2.28. The van der Waals surface area contributed by atoms with E-state index >= 15 is 0 Å². The third-order valence-corrected chi connectivity index (χ3v) is 8.13. The van der Waals surface area contributed by atoms with Gasteiger partial charge in [-0.2, -0.15) is 11.8 Å². The lowest BCUT2D eigenvalue weighted by atomic mass is 9.77. The van der Waals surface area contributed by atoms with Crippen LogP contribution in [0.5, 0.6) is 0 Å². The van der Waals surface area contributed by atoms with E-state index in [-0.39, 0.29) is 6.42 Å². The fourth-order valence-electron chi connectivity index (χ4n) is 5.17. The molecule has 0 radical (unpaired) electrons. The third-order valence-electron chi connectivity index (χ3n) is 6.67. The zero-order chi connectivity index (χ0) is 18.9. The van der Waals surface area contributed by atoms with Gasteiger partial charge in [0.25, 0.3) is 0 Å². The topological polar surface area (TPSA) is 55.8 Å². The molecule has 27 heavy (non-hydrogen) atoms. The minimum atomic E-state index is -0.710. The summed E-state index contributed by atoms with van der Waals surface area (Å²) in [6.45, 7) is 1.49. The van der Waals surface area contributed by atoms with Crippen LogP contribution in [0.2, 0.25) is 0 Å². The highest BCUT2D eigenvalue weighted by Gasteiger charge is 2.48. The Balaban J connectivity index is 1.28. The SMILES string of the molecule is O=C(O)CCCCOC[C@@H]1[C@H](CCCCSC2CCCCC2)[C@@H]2CC[C@H]1O2. The molecule has 3 rings (SSSR count). The molecule has 156 valence electrons. The second-order valence-electron chi connectivity index (χ2n) is 8.67. The molecule has 1 saturated carbocycles. The number of unbranched alkanes of at least 4 members (excludes halogenated alkanes) is 2. The quantitative estimate of drug-likeness (QED) is 0.427. The van der Waals surface area contributed by atoms with Crippen molar-refractivity contribution in [2.75, 3.05) is 19.0 Å². The van der Waals surface area contributed by atoms with Crippen LogP contribution in [0.15, 0.2) is 0 Å². The molecule has 3 fully saturated rings. The molecule has 4 nitrogen and oxygen atoms in total. The molecular formula is C22H38O4S. The minimum Gasteiger partial charge on any atom is -0.481 e. The largest absolute Gasteiger partial charge is 0.481 e. The van der Waals surface area contributed by atoms with Crippen LogP contribution < -0.4 is 0 Å². The van der Waals surface area contributed by atoms with Crippen molar-refractivity contribution < 1.29 is 19.4 Å². The van der Waals surface area contributed by atoms with Crippen LogP contribution in [0.25, 0.3) is 0 Å². The summed E-state index contributed by atoms with van der Waals surface area (Å²) in [4.78, 5) is 10.5. The van der Waals surface area contributed by atoms with Gasteiger partial charge in [-0.25, -0.2) is 0 Å². The normalized spacial score (nSPS) is 30.8. The van der Waals surface area contributed by atoms with Gasteiger partial charge < -0.3 is 14.6 Å². The van der Waals surface area contributed by atoms with Crippen molar-refractivity contribution >= 4 is 17.7 Å². The van der Waals surface area contributed by atoms with Gasteiger partial charge in [-0.3, -0.25) is 4.79 Å². The fourth-order valence-corrected chi connectivity index (χ4v) is 6.54. The van der Waals surface area contributed by atoms with Crippen molar-refractivity contribution in [1.82, 2.24) is 0 Å². The molecule has 0 spiro atoms. The number of hydrogen-bond acceptors (Lipinski definition) is 4. The average molecular weight is 399 g/mol. The first-order valence-corrected chi connectivity index (χ1v) is 12.4. The Morgan fingerprint density at radius 3 is 2.52 bits per heavy atom. The predicted molar refractivity (Wildman–Crippen MR) is 110 cm³/mol. The summed E-state index contributed by atoms with van der Waals surface area (Å²) in [7, 11) is 0. The molecule has 2 bridgehead atoms. The van der Waals surface area contributed by atoms with E-state index in [9.17, 15) is 4.79 Å². The standard InChI is InChI=1S/C22H38O4S/c23-22(24)11-4-6-14-25-16-19-18(20-12-13-21(19)26-20)10-5-7-15-27-17-8-2-1-3-9-17/h17-21H,1-16H2,(H,23,24)/t18-,19+,20-,21+/m0/s1. The molecule has 1 N–H and O–H groups in total. The van der Waals surface area contributed by atoms with E-state index in [1.807, 2.05) is 0 Å². The average Bonchev–Trinajstić information content (AvgIpc) is 3.27. The highest BCUT2D eigenvalue weighted by molar-refractivity contribution is 7.99. The third kappa shape index (κ3) is 6.93. The van der Waals surface area contributed by atoms with E-state index in [1.165, 1.54) is 70.0 Å². The van der Waals surface area contributed by atoms with E-state index in [1.54, 1.807) is 0 Å². The number of rotatable bonds is 13. The molecule has 3 aliphatic rings. The number of hydrogen-bond donors (Lipinski definition) is 1. The van der Waals surface area contributed by atoms with E-state index in [4.69, 9.17) is 14.6 Å². The summed E-state index contributed by atoms with van der Waals surface area (Å²) in [6, 6.07) is 0. The van der Waals surface area contributed by atoms with Crippen LogP contribution in [-0.2, 0) is 14.3 Å². The van der Waals surface area contributed by atoms with Gasteiger partial charge >= 0.3 is 5.97 Å². The summed E-state index contributed by atoms with van der Waals surface area (Å²) in [5.41, 5.74) is 0. The molecule has 5 heteroatoms. The second-order valence-corrected chi connectivity index (χ2v) is 10.1. The van der Waals surface area contributed by atoms with E-state index in [0.717, 1.165) is 18.3 Å². The number of thioether (sulfide) groups is 1. The first-order valence-electron chi connectivity index (χ1n) is 11.3. The van der Waals surface area contributed by atoms with Crippen molar-refractivity contribution in [3.63, 3.8) is 0 Å². The first kappa shape index (κ1) is 21.4. The van der Waals surface area contributed by atoms with Gasteiger partial charge in [-0.05, 0) is 63.0 Å². The van der Waals surface area contributed by atoms with Gasteiger partial charge in [-0.1, -0.05) is 25.7 Å². The minimum absolute atomic E-state index is 0.252. The summed E-state index contributed by atoms with van der Waals surface area (Å²) in [5, 5.41) is 9.62. The van der Waals surface area contributed by atoms with Gasteiger partial charge in [0.2, 0.25) is 0 Å². The Bertz CT molecular complexity index is 438. The van der Waals surface area contributed by atoms with Gasteiger partial charge in [0.05, 0.1) is 18.8 Å². The van der Waals surface area contributed by atoms with E-state index in [0.29, 0.717) is 37.1 Å². The Labute approximate surface area is 169 Å². The molecular weight excluding hydrogens is 360 g/mol. The summed E-state index contributed by atoms with van der Waals surface area (Å²) < 4.78 is 12.1. The van der Waals surface area contributed by atoms with Crippen LogP contribution in [0.3, 0.4) is 0 Å². The number of fused-ring (bicyclic) bond motifs is 2. The molecule has 1 aliphatic carbocycles. The molecule has 2 heterocycles. The number of ether oxygens (including phenoxy) is 2. The van der Waals surface area contributed by atoms with Gasteiger partial charge in [0.1, 0.15) is 0 Å². The maximum atomic E-state index is 10.5. The Kier molecular flexibility index (Phi) is 9.27. The molecule has 0 aromatic heterocycles. The van der Waals surface area contributed by atoms with Crippen molar-refractivity contribution in [3.8, 4) is 0 Å². The lowest BCUT2D eigenvalue weighted by Crippen LogP contribution is -2.31. The van der Waals surface area contributed by atoms with Crippen molar-refractivity contribution in [2.24, 2.45) is 11.8 Å². The van der Waals surface area contributed by atoms with Gasteiger partial charge in [-0.15, -0.1) is 0 Å². The van der Waals surface area contributed by atoms with Crippen molar-refractivity contribution in [1.29, 1.82) is 0 Å². The van der Waals surface area contributed by atoms with E-state index in [2.05, 4.69) is 11.8 Å². The smallest absolute Gasteiger partial charge is 0.303 e. The fraction of sp³-hybridized carbons (Fsp3) is 0.955. The monoisotopic (exact) mass is 398 g/mol. The lowest BCUT2D eigenvalue weighted by molar-refractivity contribution is -0.137. The second kappa shape index (κ2) is 11.7. The number of carboxylic acid groups (broad SMARTS) is 1. The summed E-state index contributed by atoms with van der Waals surface area (Å²) in [6.07, 6.45) is 16.3. The molecule has 2 saturated heterocycles. The molecule has 0 amide bonds. The first-order chi connectivity index (χ1) is 13.2. The number of carboxylic acids is 1. The van der Waals surface area contributed by atoms with Gasteiger partial charge in [0.15, 0.2) is 0 Å². The summed E-state index contributed by atoms with van der Waals surface area (Å²) >= 11 is 2.22. The van der Waals surface area contributed by atoms with E-state index < -0.39 is 5.97 Å². The Morgan fingerprint density at radius 2 is 1.74 bits per heavy atom. The zero-order valence-electron chi connectivity index (χ0n) is 16.8. The van der Waals surface area contributed by atoms with Crippen LogP contribution in [0.4, 0.5) is 0 Å². The summed E-state index contributed by atoms with van der Waals surface area (Å²) in [5.74, 6) is 1.87. The Hall–Kier alpha value is -0.260. The van der Waals surface area contributed by atoms with Crippen LogP contribution in [0.1, 0.15) is 83.5 Å². The molecule has 0 unspecified atom stereocenters. The molecule has 0 aromatic rings. The molecule has 2 aliphatic heterocycles. The maximum Gasteiger partial charge on any atom is 0.303 e. The highest BCUT2D eigenvalue weighted by Crippen LogP contribution is 2.45. The van der Waals surface area contributed by atoms with Crippen molar-refractivity contribution in [2.45, 2.75) is 101 Å². The van der Waals surface area contributed by atoms with Crippen LogP contribution in [-0.4, -0.2) is 47.5 Å². The molecule has 4 atom stereocenters. The highest BCUT2D eigenvalue weighted by atomic mass is 32.2. The Morgan fingerprint density at radius 1 is 0.963 bits per heavy atom. The van der Waals surface area contributed by atoms with Crippen LogP contribution >= 0.6 is 11.8 Å². The zero-order valence-corrected chi connectivity index (χ0v) is 17.6. The van der Waals surface area contributed by atoms with Crippen LogP contribution in [0, 0.1) is 11.8 Å². The number of aliphatic carboxylic acids is 1. The molecule has 0 aromatic carbocycles. The maximum absolute atomic E-state index is 10.5. The van der Waals surface area contributed by atoms with Crippen molar-refractivity contribution in [3.05, 3.63) is 0 Å².